The van der Waals surface area contributed by atoms with E-state index >= 15 is 0 Å². The number of nitrogens with one attached hydrogen (secondary N) is 2. The number of rotatable bonds is 9. The van der Waals surface area contributed by atoms with E-state index in [4.69, 9.17) is 20.3 Å². The van der Waals surface area contributed by atoms with Gasteiger partial charge in [0, 0.05) is 12.8 Å². The Morgan fingerprint density at radius 2 is 1.11 bits per heavy atom. The minimum absolute atomic E-state index is 0. The van der Waals surface area contributed by atoms with Crippen LogP contribution in [-0.2, 0) is 9.47 Å². The fourth-order valence-corrected chi connectivity index (χ4v) is 1.17. The number of unbranched alkanes of at least 4 members (excludes halogenated alkanes) is 1. The van der Waals surface area contributed by atoms with Crippen LogP contribution in [0.4, 0.5) is 0 Å². The van der Waals surface area contributed by atoms with Gasteiger partial charge in [0.15, 0.2) is 11.8 Å². The van der Waals surface area contributed by atoms with Crippen molar-refractivity contribution in [2.24, 2.45) is 0 Å². The van der Waals surface area contributed by atoms with Crippen LogP contribution in [0.3, 0.4) is 0 Å². The van der Waals surface area contributed by atoms with Crippen LogP contribution in [0.5, 0.6) is 0 Å². The summed E-state index contributed by atoms with van der Waals surface area (Å²) in [6.45, 7) is 5.32. The van der Waals surface area contributed by atoms with Gasteiger partial charge in [-0.2, -0.15) is 0 Å². The summed E-state index contributed by atoms with van der Waals surface area (Å²) in [6.07, 6.45) is 5.00. The Hall–Kier alpha value is -0.480. The normalized spacial score (nSPS) is 8.78. The Labute approximate surface area is 123 Å². The maximum absolute atomic E-state index is 7.48. The zero-order valence-corrected chi connectivity index (χ0v) is 12.9. The van der Waals surface area contributed by atoms with Crippen molar-refractivity contribution in [3.8, 4) is 0 Å². The van der Waals surface area contributed by atoms with E-state index in [0.717, 1.165) is 25.7 Å². The molecule has 0 aromatic heterocycles. The van der Waals surface area contributed by atoms with Crippen molar-refractivity contribution in [3.63, 3.8) is 0 Å². The van der Waals surface area contributed by atoms with E-state index in [1.807, 2.05) is 13.8 Å². The first-order chi connectivity index (χ1) is 7.70. The highest BCUT2D eigenvalue weighted by Gasteiger charge is 2.00. The minimum atomic E-state index is 0. The molecule has 0 radical (unpaired) electrons. The monoisotopic (exact) mass is 300 g/mol. The van der Waals surface area contributed by atoms with E-state index in [0.29, 0.717) is 37.9 Å². The Bertz CT molecular complexity index is 192. The summed E-state index contributed by atoms with van der Waals surface area (Å²) in [4.78, 5) is 0. The van der Waals surface area contributed by atoms with E-state index < -0.39 is 0 Å². The van der Waals surface area contributed by atoms with Crippen LogP contribution >= 0.6 is 24.8 Å². The molecule has 0 atom stereocenters. The van der Waals surface area contributed by atoms with Crippen LogP contribution < -0.4 is 0 Å². The largest absolute Gasteiger partial charge is 0.481 e. The summed E-state index contributed by atoms with van der Waals surface area (Å²) < 4.78 is 10.3. The van der Waals surface area contributed by atoms with Crippen molar-refractivity contribution in [2.45, 2.75) is 52.4 Å². The van der Waals surface area contributed by atoms with Crippen molar-refractivity contribution >= 4 is 36.6 Å². The summed E-state index contributed by atoms with van der Waals surface area (Å²) in [5.74, 6) is 0.728. The van der Waals surface area contributed by atoms with Crippen LogP contribution in [0.2, 0.25) is 0 Å². The fraction of sp³-hybridized carbons (Fsp3) is 0.833. The molecule has 0 unspecified atom stereocenters. The van der Waals surface area contributed by atoms with Crippen molar-refractivity contribution in [1.29, 1.82) is 10.8 Å². The van der Waals surface area contributed by atoms with Gasteiger partial charge in [-0.1, -0.05) is 13.8 Å². The van der Waals surface area contributed by atoms with Crippen LogP contribution in [0.15, 0.2) is 0 Å². The second-order valence-electron chi connectivity index (χ2n) is 3.75. The first-order valence-electron chi connectivity index (χ1n) is 6.11. The molecule has 0 heterocycles. The van der Waals surface area contributed by atoms with Crippen molar-refractivity contribution in [1.82, 2.24) is 0 Å². The third-order valence-electron chi connectivity index (χ3n) is 2.02. The summed E-state index contributed by atoms with van der Waals surface area (Å²) in [7, 11) is 0. The minimum Gasteiger partial charge on any atom is -0.481 e. The summed E-state index contributed by atoms with van der Waals surface area (Å²) >= 11 is 0. The van der Waals surface area contributed by atoms with Crippen LogP contribution in [0.25, 0.3) is 0 Å². The van der Waals surface area contributed by atoms with E-state index in [9.17, 15) is 0 Å². The van der Waals surface area contributed by atoms with Gasteiger partial charge in [0.1, 0.15) is 0 Å². The molecule has 0 aromatic carbocycles. The molecule has 0 spiro atoms. The second-order valence-corrected chi connectivity index (χ2v) is 3.75. The molecular formula is C12H26Cl2N2O2. The molecule has 18 heavy (non-hydrogen) atoms. The average molecular weight is 301 g/mol. The van der Waals surface area contributed by atoms with E-state index in [1.54, 1.807) is 0 Å². The molecule has 0 fully saturated rings. The lowest BCUT2D eigenvalue weighted by atomic mass is 10.2. The Kier molecular flexibility index (Phi) is 20.8. The summed E-state index contributed by atoms with van der Waals surface area (Å²) in [5.41, 5.74) is 0. The molecule has 0 aliphatic rings. The van der Waals surface area contributed by atoms with Crippen LogP contribution in [0.1, 0.15) is 52.4 Å². The highest BCUT2D eigenvalue weighted by atomic mass is 35.5. The Morgan fingerprint density at radius 1 is 0.778 bits per heavy atom. The van der Waals surface area contributed by atoms with Gasteiger partial charge in [0.05, 0.1) is 13.2 Å². The molecule has 0 rings (SSSR count). The van der Waals surface area contributed by atoms with Gasteiger partial charge in [-0.15, -0.1) is 24.8 Å². The van der Waals surface area contributed by atoms with E-state index in [2.05, 4.69) is 0 Å². The van der Waals surface area contributed by atoms with Gasteiger partial charge < -0.3 is 9.47 Å². The number of halogens is 2. The molecular weight excluding hydrogens is 275 g/mol. The lowest BCUT2D eigenvalue weighted by molar-refractivity contribution is 0.286. The quantitative estimate of drug-likeness (QED) is 0.381. The molecule has 0 bridgehead atoms. The molecule has 0 amide bonds. The SMILES string of the molecule is CCCOC(=N)CCCCC(=N)OCCC.Cl.Cl. The van der Waals surface area contributed by atoms with Crippen molar-refractivity contribution in [3.05, 3.63) is 0 Å². The van der Waals surface area contributed by atoms with Gasteiger partial charge in [0.25, 0.3) is 0 Å². The predicted molar refractivity (Wildman–Crippen MR) is 80.9 cm³/mol. The number of ether oxygens (including phenoxy) is 2. The fourth-order valence-electron chi connectivity index (χ4n) is 1.17. The smallest absolute Gasteiger partial charge is 0.180 e. The van der Waals surface area contributed by atoms with Gasteiger partial charge in [0.2, 0.25) is 0 Å². The Morgan fingerprint density at radius 3 is 1.39 bits per heavy atom. The zero-order chi connectivity index (χ0) is 12.2. The first-order valence-corrected chi connectivity index (χ1v) is 6.11. The molecule has 0 aliphatic heterocycles. The highest BCUT2D eigenvalue weighted by Crippen LogP contribution is 2.03. The van der Waals surface area contributed by atoms with Crippen molar-refractivity contribution < 1.29 is 9.47 Å². The second kappa shape index (κ2) is 16.5. The number of hydrogen-bond acceptors (Lipinski definition) is 4. The predicted octanol–water partition coefficient (Wildman–Crippen LogP) is 4.20. The summed E-state index contributed by atoms with van der Waals surface area (Å²) in [6, 6.07) is 0. The van der Waals surface area contributed by atoms with E-state index in [1.165, 1.54) is 0 Å². The first kappa shape index (κ1) is 22.7. The molecule has 0 aliphatic carbocycles. The van der Waals surface area contributed by atoms with E-state index in [-0.39, 0.29) is 24.8 Å². The van der Waals surface area contributed by atoms with Crippen LogP contribution in [-0.4, -0.2) is 25.0 Å². The van der Waals surface area contributed by atoms with Gasteiger partial charge in [-0.3, -0.25) is 10.8 Å². The molecule has 0 saturated carbocycles. The lowest BCUT2D eigenvalue weighted by Crippen LogP contribution is -2.06. The maximum Gasteiger partial charge on any atom is 0.180 e. The summed E-state index contributed by atoms with van der Waals surface area (Å²) in [5, 5.41) is 15.0. The topological polar surface area (TPSA) is 66.2 Å². The van der Waals surface area contributed by atoms with Gasteiger partial charge in [-0.25, -0.2) is 0 Å². The van der Waals surface area contributed by atoms with Crippen LogP contribution in [0, 0.1) is 10.8 Å². The highest BCUT2D eigenvalue weighted by molar-refractivity contribution is 5.85. The molecule has 110 valence electrons. The third-order valence-corrected chi connectivity index (χ3v) is 2.02. The van der Waals surface area contributed by atoms with Crippen molar-refractivity contribution in [2.75, 3.05) is 13.2 Å². The standard InChI is InChI=1S/C12H24N2O2.2ClH/c1-3-9-15-11(13)7-5-6-8-12(14)16-10-4-2;;/h13-14H,3-10H2,1-2H3;2*1H. The Balaban J connectivity index is -0.00000112. The van der Waals surface area contributed by atoms with Gasteiger partial charge >= 0.3 is 0 Å². The maximum atomic E-state index is 7.48. The molecule has 0 saturated heterocycles. The molecule has 2 N–H and O–H groups in total. The zero-order valence-electron chi connectivity index (χ0n) is 11.3. The van der Waals surface area contributed by atoms with Gasteiger partial charge in [-0.05, 0) is 25.7 Å². The molecule has 0 aromatic rings. The average Bonchev–Trinajstić information content (AvgIpc) is 2.29. The molecule has 6 heteroatoms. The lowest BCUT2D eigenvalue weighted by Gasteiger charge is -2.07. The molecule has 4 nitrogen and oxygen atoms in total. The number of hydrogen-bond donors (Lipinski definition) is 2. The third kappa shape index (κ3) is 15.5.